The molecule has 0 saturated heterocycles. The van der Waals surface area contributed by atoms with Crippen LogP contribution in [0, 0.1) is 6.92 Å². The Bertz CT molecular complexity index is 514. The summed E-state index contributed by atoms with van der Waals surface area (Å²) < 4.78 is 1.09. The van der Waals surface area contributed by atoms with Crippen molar-refractivity contribution in [1.82, 2.24) is 0 Å². The van der Waals surface area contributed by atoms with Gasteiger partial charge in [-0.3, -0.25) is 0 Å². The van der Waals surface area contributed by atoms with Gasteiger partial charge in [0.15, 0.2) is 0 Å². The van der Waals surface area contributed by atoms with Crippen LogP contribution in [0.15, 0.2) is 28.1 Å². The van der Waals surface area contributed by atoms with Gasteiger partial charge in [-0.25, -0.2) is 0 Å². The SMILES string of the molecule is Cc1cc(C(N)c2c(Cl)cccc2Cl)sc1Br. The zero-order valence-electron chi connectivity index (χ0n) is 9.01. The molecular weight excluding hydrogens is 341 g/mol. The predicted octanol–water partition coefficient (Wildman–Crippen LogP) is 5.17. The number of halogens is 3. The van der Waals surface area contributed by atoms with Crippen LogP contribution in [0.4, 0.5) is 0 Å². The number of benzene rings is 1. The first kappa shape index (κ1) is 13.4. The molecule has 90 valence electrons. The van der Waals surface area contributed by atoms with E-state index in [0.29, 0.717) is 10.0 Å². The molecule has 2 N–H and O–H groups in total. The Morgan fingerprint density at radius 2 is 1.88 bits per heavy atom. The minimum atomic E-state index is -0.286. The highest BCUT2D eigenvalue weighted by Gasteiger charge is 2.18. The second-order valence-corrected chi connectivity index (χ2v) is 6.93. The highest BCUT2D eigenvalue weighted by atomic mass is 79.9. The van der Waals surface area contributed by atoms with Crippen molar-refractivity contribution >= 4 is 50.5 Å². The maximum Gasteiger partial charge on any atom is 0.0731 e. The Balaban J connectivity index is 2.47. The third-order valence-corrected chi connectivity index (χ3v) is 5.37. The van der Waals surface area contributed by atoms with Gasteiger partial charge in [0.05, 0.1) is 9.83 Å². The van der Waals surface area contributed by atoms with Crippen LogP contribution < -0.4 is 5.73 Å². The first-order valence-electron chi connectivity index (χ1n) is 4.96. The van der Waals surface area contributed by atoms with E-state index in [1.165, 1.54) is 5.56 Å². The van der Waals surface area contributed by atoms with Crippen LogP contribution in [0.2, 0.25) is 10.0 Å². The van der Waals surface area contributed by atoms with E-state index in [-0.39, 0.29) is 6.04 Å². The highest BCUT2D eigenvalue weighted by molar-refractivity contribution is 9.11. The second-order valence-electron chi connectivity index (χ2n) is 3.72. The molecule has 1 unspecified atom stereocenters. The molecule has 0 aliphatic carbocycles. The Hall–Kier alpha value is -0.0600. The van der Waals surface area contributed by atoms with E-state index in [4.69, 9.17) is 28.9 Å². The third kappa shape index (κ3) is 2.69. The second kappa shape index (κ2) is 5.29. The van der Waals surface area contributed by atoms with Gasteiger partial charge in [0, 0.05) is 20.5 Å². The fraction of sp³-hybridized carbons (Fsp3) is 0.167. The van der Waals surface area contributed by atoms with Crippen molar-refractivity contribution in [3.05, 3.63) is 54.1 Å². The summed E-state index contributed by atoms with van der Waals surface area (Å²) in [5, 5.41) is 1.21. The topological polar surface area (TPSA) is 26.0 Å². The Labute approximate surface area is 123 Å². The van der Waals surface area contributed by atoms with E-state index in [9.17, 15) is 0 Å². The molecule has 0 aliphatic rings. The molecule has 2 aromatic rings. The summed E-state index contributed by atoms with van der Waals surface area (Å²) >= 11 is 17.4. The van der Waals surface area contributed by atoms with Crippen molar-refractivity contribution < 1.29 is 0 Å². The van der Waals surface area contributed by atoms with E-state index in [1.54, 1.807) is 23.5 Å². The van der Waals surface area contributed by atoms with E-state index in [0.717, 1.165) is 14.2 Å². The summed E-state index contributed by atoms with van der Waals surface area (Å²) in [7, 11) is 0. The summed E-state index contributed by atoms with van der Waals surface area (Å²) in [6.45, 7) is 2.03. The number of hydrogen-bond donors (Lipinski definition) is 1. The Morgan fingerprint density at radius 1 is 1.29 bits per heavy atom. The molecular formula is C12H10BrCl2NS. The first-order valence-corrected chi connectivity index (χ1v) is 7.32. The lowest BCUT2D eigenvalue weighted by Gasteiger charge is -2.13. The molecule has 1 atom stereocenters. The van der Waals surface area contributed by atoms with Crippen LogP contribution >= 0.6 is 50.5 Å². The van der Waals surface area contributed by atoms with Crippen LogP contribution in [0.25, 0.3) is 0 Å². The van der Waals surface area contributed by atoms with Gasteiger partial charge in [0.1, 0.15) is 0 Å². The molecule has 5 heteroatoms. The monoisotopic (exact) mass is 349 g/mol. The molecule has 0 radical (unpaired) electrons. The number of nitrogens with two attached hydrogens (primary N) is 1. The smallest absolute Gasteiger partial charge is 0.0731 e. The van der Waals surface area contributed by atoms with Crippen molar-refractivity contribution in [3.8, 4) is 0 Å². The molecule has 1 nitrogen and oxygen atoms in total. The van der Waals surface area contributed by atoms with Gasteiger partial charge in [-0.05, 0) is 46.6 Å². The maximum atomic E-state index is 6.22. The summed E-state index contributed by atoms with van der Waals surface area (Å²) in [5.41, 5.74) is 8.17. The van der Waals surface area contributed by atoms with Gasteiger partial charge < -0.3 is 5.73 Å². The fourth-order valence-electron chi connectivity index (χ4n) is 1.59. The van der Waals surface area contributed by atoms with Gasteiger partial charge >= 0.3 is 0 Å². The van der Waals surface area contributed by atoms with Crippen molar-refractivity contribution in [2.24, 2.45) is 5.73 Å². The van der Waals surface area contributed by atoms with Gasteiger partial charge in [0.25, 0.3) is 0 Å². The quantitative estimate of drug-likeness (QED) is 0.793. The Kier molecular flexibility index (Phi) is 4.16. The lowest BCUT2D eigenvalue weighted by atomic mass is 10.1. The normalized spacial score (nSPS) is 12.8. The molecule has 0 fully saturated rings. The van der Waals surface area contributed by atoms with Crippen molar-refractivity contribution in [1.29, 1.82) is 0 Å². The van der Waals surface area contributed by atoms with Crippen LogP contribution in [0.5, 0.6) is 0 Å². The zero-order chi connectivity index (χ0) is 12.6. The molecule has 1 aromatic carbocycles. The average molecular weight is 351 g/mol. The minimum Gasteiger partial charge on any atom is -0.320 e. The van der Waals surface area contributed by atoms with Gasteiger partial charge in [0.2, 0.25) is 0 Å². The Morgan fingerprint density at radius 3 is 2.35 bits per heavy atom. The molecule has 0 spiro atoms. The molecule has 1 heterocycles. The number of rotatable bonds is 2. The predicted molar refractivity (Wildman–Crippen MR) is 79.2 cm³/mol. The van der Waals surface area contributed by atoms with Crippen molar-refractivity contribution in [2.45, 2.75) is 13.0 Å². The summed E-state index contributed by atoms with van der Waals surface area (Å²) in [6.07, 6.45) is 0. The third-order valence-electron chi connectivity index (χ3n) is 2.49. The molecule has 17 heavy (non-hydrogen) atoms. The number of hydrogen-bond acceptors (Lipinski definition) is 2. The maximum absolute atomic E-state index is 6.22. The van der Waals surface area contributed by atoms with Gasteiger partial charge in [-0.2, -0.15) is 0 Å². The lowest BCUT2D eigenvalue weighted by Crippen LogP contribution is -2.11. The molecule has 0 aliphatic heterocycles. The van der Waals surface area contributed by atoms with Crippen LogP contribution in [-0.2, 0) is 0 Å². The van der Waals surface area contributed by atoms with E-state index < -0.39 is 0 Å². The number of thiophene rings is 1. The first-order chi connectivity index (χ1) is 8.00. The van der Waals surface area contributed by atoms with E-state index in [1.807, 2.05) is 13.0 Å². The van der Waals surface area contributed by atoms with E-state index in [2.05, 4.69) is 22.0 Å². The van der Waals surface area contributed by atoms with Crippen LogP contribution in [-0.4, -0.2) is 0 Å². The molecule has 2 rings (SSSR count). The summed E-state index contributed by atoms with van der Waals surface area (Å²) in [6, 6.07) is 7.19. The molecule has 0 bridgehead atoms. The van der Waals surface area contributed by atoms with Crippen molar-refractivity contribution in [3.63, 3.8) is 0 Å². The van der Waals surface area contributed by atoms with Gasteiger partial charge in [-0.15, -0.1) is 11.3 Å². The van der Waals surface area contributed by atoms with Crippen LogP contribution in [0.1, 0.15) is 22.0 Å². The fourth-order valence-corrected chi connectivity index (χ4v) is 3.80. The highest BCUT2D eigenvalue weighted by Crippen LogP contribution is 2.37. The van der Waals surface area contributed by atoms with Crippen molar-refractivity contribution in [2.75, 3.05) is 0 Å². The van der Waals surface area contributed by atoms with E-state index >= 15 is 0 Å². The summed E-state index contributed by atoms with van der Waals surface area (Å²) in [4.78, 5) is 1.05. The molecule has 0 amide bonds. The molecule has 1 aromatic heterocycles. The minimum absolute atomic E-state index is 0.286. The van der Waals surface area contributed by atoms with Gasteiger partial charge in [-0.1, -0.05) is 29.3 Å². The average Bonchev–Trinajstić information content (AvgIpc) is 2.59. The largest absolute Gasteiger partial charge is 0.320 e. The standard InChI is InChI=1S/C12H10BrCl2NS/c1-6-5-9(17-12(6)13)11(16)10-7(14)3-2-4-8(10)15/h2-5,11H,16H2,1H3. The number of aryl methyl sites for hydroxylation is 1. The zero-order valence-corrected chi connectivity index (χ0v) is 12.9. The lowest BCUT2D eigenvalue weighted by molar-refractivity contribution is 0.893. The molecule has 0 saturated carbocycles. The summed E-state index contributed by atoms with van der Waals surface area (Å²) in [5.74, 6) is 0. The van der Waals surface area contributed by atoms with Crippen LogP contribution in [0.3, 0.4) is 0 Å².